The lowest BCUT2D eigenvalue weighted by molar-refractivity contribution is -0.0176. The van der Waals surface area contributed by atoms with Gasteiger partial charge < -0.3 is 4.74 Å². The van der Waals surface area contributed by atoms with Gasteiger partial charge in [0.15, 0.2) is 5.65 Å². The van der Waals surface area contributed by atoms with Crippen molar-refractivity contribution in [3.8, 4) is 5.69 Å². The topological polar surface area (TPSA) is 49.1 Å². The highest BCUT2D eigenvalue weighted by Gasteiger charge is 2.34. The molecule has 1 aliphatic rings. The van der Waals surface area contributed by atoms with Crippen molar-refractivity contribution in [1.82, 2.24) is 14.1 Å². The fourth-order valence-electron chi connectivity index (χ4n) is 3.25. The summed E-state index contributed by atoms with van der Waals surface area (Å²) >= 11 is 3.39. The van der Waals surface area contributed by atoms with Gasteiger partial charge in [-0.15, -0.1) is 0 Å². The standard InChI is InChI=1S/C18H17BrFN3O2/c19-13-10-15-16(21-11-13)23(14-4-2-1-3-5-14)17(24)22(15)12-18(20)6-8-25-9-7-18/h1-5,10-11H,6-9,12H2. The van der Waals surface area contributed by atoms with Crippen LogP contribution in [0.25, 0.3) is 16.9 Å². The molecule has 1 saturated heterocycles. The quantitative estimate of drug-likeness (QED) is 0.670. The van der Waals surface area contributed by atoms with Crippen LogP contribution in [0, 0.1) is 0 Å². The lowest BCUT2D eigenvalue weighted by atomic mass is 9.96. The summed E-state index contributed by atoms with van der Waals surface area (Å²) < 4.78 is 24.2. The van der Waals surface area contributed by atoms with Gasteiger partial charge in [0.1, 0.15) is 5.67 Å². The van der Waals surface area contributed by atoms with E-state index in [1.807, 2.05) is 36.4 Å². The maximum absolute atomic E-state index is 15.2. The van der Waals surface area contributed by atoms with Gasteiger partial charge >= 0.3 is 5.69 Å². The molecule has 5 nitrogen and oxygen atoms in total. The number of fused-ring (bicyclic) bond motifs is 1. The summed E-state index contributed by atoms with van der Waals surface area (Å²) in [5.41, 5.74) is 0.128. The molecule has 0 radical (unpaired) electrons. The Morgan fingerprint density at radius 3 is 2.68 bits per heavy atom. The minimum absolute atomic E-state index is 0.00363. The van der Waals surface area contributed by atoms with Crippen molar-refractivity contribution < 1.29 is 9.13 Å². The number of benzene rings is 1. The summed E-state index contributed by atoms with van der Waals surface area (Å²) in [6.07, 6.45) is 2.23. The van der Waals surface area contributed by atoms with Crippen LogP contribution in [0.5, 0.6) is 0 Å². The summed E-state index contributed by atoms with van der Waals surface area (Å²) in [5.74, 6) is 0. The molecule has 0 amide bonds. The van der Waals surface area contributed by atoms with Gasteiger partial charge in [0.25, 0.3) is 0 Å². The van der Waals surface area contributed by atoms with Crippen molar-refractivity contribution in [3.05, 3.63) is 57.6 Å². The molecule has 130 valence electrons. The second-order valence-corrected chi connectivity index (χ2v) is 7.21. The Balaban J connectivity index is 1.90. The maximum Gasteiger partial charge on any atom is 0.335 e. The highest BCUT2D eigenvalue weighted by Crippen LogP contribution is 2.29. The minimum atomic E-state index is -1.44. The van der Waals surface area contributed by atoms with Crippen LogP contribution in [0.1, 0.15) is 12.8 Å². The van der Waals surface area contributed by atoms with Crippen molar-refractivity contribution >= 4 is 27.1 Å². The Hall–Kier alpha value is -1.99. The number of aromatic nitrogens is 3. The van der Waals surface area contributed by atoms with Crippen LogP contribution in [0.3, 0.4) is 0 Å². The fourth-order valence-corrected chi connectivity index (χ4v) is 3.57. The van der Waals surface area contributed by atoms with Gasteiger partial charge in [-0.25, -0.2) is 18.7 Å². The SMILES string of the molecule is O=c1n(CC2(F)CCOCC2)c2cc(Br)cnc2n1-c1ccccc1. The molecule has 4 rings (SSSR count). The van der Waals surface area contributed by atoms with Crippen molar-refractivity contribution in [1.29, 1.82) is 0 Å². The van der Waals surface area contributed by atoms with E-state index in [1.165, 1.54) is 9.13 Å². The number of hydrogen-bond acceptors (Lipinski definition) is 3. The molecule has 2 aromatic heterocycles. The van der Waals surface area contributed by atoms with Crippen LogP contribution < -0.4 is 5.69 Å². The molecule has 25 heavy (non-hydrogen) atoms. The van der Waals surface area contributed by atoms with Gasteiger partial charge in [-0.05, 0) is 34.1 Å². The molecule has 0 N–H and O–H groups in total. The normalized spacial score (nSPS) is 17.0. The van der Waals surface area contributed by atoms with Crippen LogP contribution in [0.4, 0.5) is 4.39 Å². The molecule has 1 fully saturated rings. The molecule has 0 saturated carbocycles. The van der Waals surface area contributed by atoms with Crippen molar-refractivity contribution in [3.63, 3.8) is 0 Å². The molecule has 3 heterocycles. The summed E-state index contributed by atoms with van der Waals surface area (Å²) in [4.78, 5) is 17.5. The number of nitrogens with zero attached hydrogens (tertiary/aromatic N) is 3. The van der Waals surface area contributed by atoms with Gasteiger partial charge in [-0.2, -0.15) is 0 Å². The third-order valence-corrected chi connectivity index (χ3v) is 5.02. The average Bonchev–Trinajstić information content (AvgIpc) is 2.87. The van der Waals surface area contributed by atoms with E-state index in [1.54, 1.807) is 6.20 Å². The number of imidazole rings is 1. The number of hydrogen-bond donors (Lipinski definition) is 0. The van der Waals surface area contributed by atoms with E-state index in [4.69, 9.17) is 4.74 Å². The monoisotopic (exact) mass is 405 g/mol. The summed E-state index contributed by atoms with van der Waals surface area (Å²) in [5, 5.41) is 0. The van der Waals surface area contributed by atoms with E-state index < -0.39 is 5.67 Å². The van der Waals surface area contributed by atoms with Gasteiger partial charge in [-0.1, -0.05) is 18.2 Å². The van der Waals surface area contributed by atoms with Crippen LogP contribution in [-0.2, 0) is 11.3 Å². The van der Waals surface area contributed by atoms with E-state index in [2.05, 4.69) is 20.9 Å². The number of ether oxygens (including phenoxy) is 1. The Morgan fingerprint density at radius 2 is 1.96 bits per heavy atom. The summed E-state index contributed by atoms with van der Waals surface area (Å²) in [6, 6.07) is 11.1. The second-order valence-electron chi connectivity index (χ2n) is 6.30. The van der Waals surface area contributed by atoms with E-state index in [0.717, 1.165) is 4.47 Å². The van der Waals surface area contributed by atoms with Crippen LogP contribution in [-0.4, -0.2) is 33.0 Å². The fraction of sp³-hybridized carbons (Fsp3) is 0.333. The van der Waals surface area contributed by atoms with Crippen LogP contribution >= 0.6 is 15.9 Å². The van der Waals surface area contributed by atoms with Gasteiger partial charge in [0, 0.05) is 36.7 Å². The first-order chi connectivity index (χ1) is 12.1. The number of pyridine rings is 1. The molecule has 0 bridgehead atoms. The zero-order valence-electron chi connectivity index (χ0n) is 13.5. The molecular weight excluding hydrogens is 389 g/mol. The first kappa shape index (κ1) is 16.5. The molecular formula is C18H17BrFN3O2. The molecule has 0 spiro atoms. The van der Waals surface area contributed by atoms with Crippen LogP contribution in [0.2, 0.25) is 0 Å². The van der Waals surface area contributed by atoms with Crippen molar-refractivity contribution in [2.45, 2.75) is 25.1 Å². The maximum atomic E-state index is 15.2. The Labute approximate surface area is 152 Å². The van der Waals surface area contributed by atoms with Gasteiger partial charge in [0.2, 0.25) is 0 Å². The Bertz CT molecular complexity index is 962. The summed E-state index contributed by atoms with van der Waals surface area (Å²) in [7, 11) is 0. The second kappa shape index (κ2) is 6.38. The molecule has 3 aromatic rings. The van der Waals surface area contributed by atoms with E-state index in [0.29, 0.717) is 42.9 Å². The predicted molar refractivity (Wildman–Crippen MR) is 96.9 cm³/mol. The minimum Gasteiger partial charge on any atom is -0.381 e. The molecule has 7 heteroatoms. The van der Waals surface area contributed by atoms with E-state index in [9.17, 15) is 4.79 Å². The predicted octanol–water partition coefficient (Wildman–Crippen LogP) is 3.47. The molecule has 0 atom stereocenters. The molecule has 0 aliphatic carbocycles. The zero-order chi connectivity index (χ0) is 17.4. The Kier molecular flexibility index (Phi) is 4.21. The van der Waals surface area contributed by atoms with Gasteiger partial charge in [-0.3, -0.25) is 4.57 Å². The first-order valence-corrected chi connectivity index (χ1v) is 8.96. The molecule has 0 unspecified atom stereocenters. The number of para-hydroxylation sites is 1. The number of halogens is 2. The van der Waals surface area contributed by atoms with Crippen molar-refractivity contribution in [2.75, 3.05) is 13.2 Å². The van der Waals surface area contributed by atoms with Crippen molar-refractivity contribution in [2.24, 2.45) is 0 Å². The third-order valence-electron chi connectivity index (χ3n) is 4.58. The highest BCUT2D eigenvalue weighted by atomic mass is 79.9. The van der Waals surface area contributed by atoms with Crippen LogP contribution in [0.15, 0.2) is 51.9 Å². The molecule has 1 aromatic carbocycles. The van der Waals surface area contributed by atoms with E-state index >= 15 is 4.39 Å². The highest BCUT2D eigenvalue weighted by molar-refractivity contribution is 9.10. The van der Waals surface area contributed by atoms with E-state index in [-0.39, 0.29) is 12.2 Å². The Morgan fingerprint density at radius 1 is 1.24 bits per heavy atom. The van der Waals surface area contributed by atoms with Gasteiger partial charge in [0.05, 0.1) is 17.7 Å². The number of alkyl halides is 1. The largest absolute Gasteiger partial charge is 0.381 e. The zero-order valence-corrected chi connectivity index (χ0v) is 15.1. The average molecular weight is 406 g/mol. The number of rotatable bonds is 3. The third kappa shape index (κ3) is 3.02. The smallest absolute Gasteiger partial charge is 0.335 e. The lowest BCUT2D eigenvalue weighted by Gasteiger charge is -2.29. The molecule has 1 aliphatic heterocycles. The first-order valence-electron chi connectivity index (χ1n) is 8.16. The summed E-state index contributed by atoms with van der Waals surface area (Å²) in [6.45, 7) is 0.763. The lowest BCUT2D eigenvalue weighted by Crippen LogP contribution is -2.39.